The van der Waals surface area contributed by atoms with Gasteiger partial charge in [0.05, 0.1) is 30.3 Å². The second-order valence-electron chi connectivity index (χ2n) is 8.56. The molecule has 29 heavy (non-hydrogen) atoms. The lowest BCUT2D eigenvalue weighted by molar-refractivity contribution is -0.136. The highest BCUT2D eigenvalue weighted by Gasteiger charge is 2.38. The van der Waals surface area contributed by atoms with E-state index in [0.717, 1.165) is 36.0 Å². The third-order valence-corrected chi connectivity index (χ3v) is 7.08. The van der Waals surface area contributed by atoms with E-state index < -0.39 is 0 Å². The number of nitrogens with one attached hydrogen (secondary N) is 1. The summed E-state index contributed by atoms with van der Waals surface area (Å²) in [6, 6.07) is 0.633. The van der Waals surface area contributed by atoms with Gasteiger partial charge in [-0.15, -0.1) is 11.3 Å². The average molecular weight is 421 g/mol. The van der Waals surface area contributed by atoms with Crippen LogP contribution in [-0.4, -0.2) is 78.1 Å². The van der Waals surface area contributed by atoms with E-state index in [1.165, 1.54) is 12.8 Å². The molecule has 0 spiro atoms. The lowest BCUT2D eigenvalue weighted by Gasteiger charge is -2.33. The van der Waals surface area contributed by atoms with Crippen LogP contribution in [0.3, 0.4) is 0 Å². The van der Waals surface area contributed by atoms with E-state index in [-0.39, 0.29) is 11.8 Å². The van der Waals surface area contributed by atoms with E-state index in [9.17, 15) is 9.59 Å². The van der Waals surface area contributed by atoms with Gasteiger partial charge < -0.3 is 15.0 Å². The first-order valence-corrected chi connectivity index (χ1v) is 11.8. The van der Waals surface area contributed by atoms with Crippen molar-refractivity contribution in [2.75, 3.05) is 39.4 Å². The van der Waals surface area contributed by atoms with Crippen molar-refractivity contribution in [2.45, 2.75) is 57.5 Å². The van der Waals surface area contributed by atoms with E-state index in [1.54, 1.807) is 11.3 Å². The summed E-state index contributed by atoms with van der Waals surface area (Å²) in [4.78, 5) is 33.9. The molecule has 1 aromatic heterocycles. The molecule has 1 N–H and O–H groups in total. The van der Waals surface area contributed by atoms with Gasteiger partial charge in [0.15, 0.2) is 0 Å². The van der Waals surface area contributed by atoms with E-state index in [1.807, 2.05) is 17.2 Å². The number of ether oxygens (including phenoxy) is 1. The summed E-state index contributed by atoms with van der Waals surface area (Å²) in [6.07, 6.45) is 5.61. The maximum Gasteiger partial charge on any atom is 0.226 e. The topological polar surface area (TPSA) is 74.8 Å². The predicted octanol–water partition coefficient (Wildman–Crippen LogP) is 1.60. The second-order valence-corrected chi connectivity index (χ2v) is 9.62. The Balaban J connectivity index is 1.29. The Morgan fingerprint density at radius 1 is 1.21 bits per heavy atom. The Morgan fingerprint density at radius 2 is 1.97 bits per heavy atom. The first-order valence-electron chi connectivity index (χ1n) is 10.9. The van der Waals surface area contributed by atoms with Crippen molar-refractivity contribution in [3.8, 4) is 0 Å². The molecule has 7 nitrogen and oxygen atoms in total. The zero-order chi connectivity index (χ0) is 20.2. The number of aromatic nitrogens is 1. The molecule has 0 bridgehead atoms. The standard InChI is InChI=1S/C21H32N4O3S/c1-15-23-17(14-29-15)10-20(26)22-12-19-5-4-18(25(19)13-16-2-3-16)11-21(27)24-6-8-28-9-7-24/h14,16,18-19H,2-13H2,1H3,(H,22,26)/t18-,19+/m1/s1. The maximum absolute atomic E-state index is 12.7. The Labute approximate surface area is 176 Å². The van der Waals surface area contributed by atoms with Gasteiger partial charge in [-0.3, -0.25) is 14.5 Å². The zero-order valence-electron chi connectivity index (χ0n) is 17.3. The third-order valence-electron chi connectivity index (χ3n) is 6.25. The van der Waals surface area contributed by atoms with Crippen molar-refractivity contribution in [3.05, 3.63) is 16.1 Å². The summed E-state index contributed by atoms with van der Waals surface area (Å²) in [5.74, 6) is 1.06. The molecule has 2 aliphatic heterocycles. The fourth-order valence-corrected chi connectivity index (χ4v) is 5.05. The van der Waals surface area contributed by atoms with Gasteiger partial charge >= 0.3 is 0 Å². The Hall–Kier alpha value is -1.51. The number of hydrogen-bond donors (Lipinski definition) is 1. The number of carbonyl (C=O) groups is 2. The number of aryl methyl sites for hydroxylation is 1. The molecule has 8 heteroatoms. The van der Waals surface area contributed by atoms with Crippen LogP contribution in [0.5, 0.6) is 0 Å². The van der Waals surface area contributed by atoms with Crippen LogP contribution in [0.4, 0.5) is 0 Å². The van der Waals surface area contributed by atoms with Crippen molar-refractivity contribution in [2.24, 2.45) is 5.92 Å². The van der Waals surface area contributed by atoms with Crippen molar-refractivity contribution in [1.29, 1.82) is 0 Å². The third kappa shape index (κ3) is 5.77. The van der Waals surface area contributed by atoms with E-state index in [4.69, 9.17) is 4.74 Å². The van der Waals surface area contributed by atoms with Crippen LogP contribution in [0.1, 0.15) is 42.8 Å². The molecule has 1 saturated carbocycles. The molecule has 160 valence electrons. The number of likely N-dealkylation sites (tertiary alicyclic amines) is 1. The molecule has 0 aromatic carbocycles. The summed E-state index contributed by atoms with van der Waals surface area (Å²) in [5, 5.41) is 6.06. The van der Waals surface area contributed by atoms with Gasteiger partial charge in [-0.25, -0.2) is 4.98 Å². The summed E-state index contributed by atoms with van der Waals surface area (Å²) in [7, 11) is 0. The second kappa shape index (κ2) is 9.53. The van der Waals surface area contributed by atoms with Crippen LogP contribution in [-0.2, 0) is 20.7 Å². The minimum absolute atomic E-state index is 0.0366. The summed E-state index contributed by atoms with van der Waals surface area (Å²) in [6.45, 7) is 6.40. The average Bonchev–Trinajstić information content (AvgIpc) is 3.34. The highest BCUT2D eigenvalue weighted by atomic mass is 32.1. The number of amides is 2. The summed E-state index contributed by atoms with van der Waals surface area (Å²) in [5.41, 5.74) is 0.847. The van der Waals surface area contributed by atoms with Crippen LogP contribution in [0.25, 0.3) is 0 Å². The normalized spacial score (nSPS) is 25.3. The monoisotopic (exact) mass is 420 g/mol. The molecule has 1 aromatic rings. The molecule has 0 unspecified atom stereocenters. The lowest BCUT2D eigenvalue weighted by atomic mass is 10.1. The van der Waals surface area contributed by atoms with Crippen LogP contribution in [0.2, 0.25) is 0 Å². The Kier molecular flexibility index (Phi) is 6.82. The molecule has 2 atom stereocenters. The number of carbonyl (C=O) groups excluding carboxylic acids is 2. The smallest absolute Gasteiger partial charge is 0.226 e. The van der Waals surface area contributed by atoms with Crippen LogP contribution >= 0.6 is 11.3 Å². The van der Waals surface area contributed by atoms with Crippen LogP contribution in [0.15, 0.2) is 5.38 Å². The first-order chi connectivity index (χ1) is 14.1. The van der Waals surface area contributed by atoms with Crippen molar-refractivity contribution >= 4 is 23.2 Å². The summed E-state index contributed by atoms with van der Waals surface area (Å²) < 4.78 is 5.37. The summed E-state index contributed by atoms with van der Waals surface area (Å²) >= 11 is 1.58. The van der Waals surface area contributed by atoms with E-state index in [2.05, 4.69) is 15.2 Å². The minimum atomic E-state index is 0.0366. The molecule has 4 rings (SSSR count). The molecule has 0 radical (unpaired) electrons. The number of morpholine rings is 1. The molecule has 2 amide bonds. The van der Waals surface area contributed by atoms with E-state index in [0.29, 0.717) is 57.8 Å². The first kappa shape index (κ1) is 20.8. The fourth-order valence-electron chi connectivity index (χ4n) is 4.44. The van der Waals surface area contributed by atoms with Gasteiger partial charge in [0.1, 0.15) is 0 Å². The molecule has 3 aliphatic rings. The van der Waals surface area contributed by atoms with Gasteiger partial charge in [-0.2, -0.15) is 0 Å². The van der Waals surface area contributed by atoms with Gasteiger partial charge in [-0.1, -0.05) is 0 Å². The zero-order valence-corrected chi connectivity index (χ0v) is 18.1. The highest BCUT2D eigenvalue weighted by Crippen LogP contribution is 2.35. The van der Waals surface area contributed by atoms with Gasteiger partial charge in [0.2, 0.25) is 11.8 Å². The molecule has 1 aliphatic carbocycles. The number of rotatable bonds is 8. The number of thiazole rings is 1. The Bertz CT molecular complexity index is 715. The minimum Gasteiger partial charge on any atom is -0.378 e. The number of nitrogens with zero attached hydrogens (tertiary/aromatic N) is 3. The molecular formula is C21H32N4O3S. The van der Waals surface area contributed by atoms with E-state index >= 15 is 0 Å². The predicted molar refractivity (Wildman–Crippen MR) is 112 cm³/mol. The van der Waals surface area contributed by atoms with Crippen LogP contribution in [0, 0.1) is 12.8 Å². The SMILES string of the molecule is Cc1nc(CC(=O)NC[C@@H]2CC[C@H](CC(=O)N3CCOCC3)N2CC2CC2)cs1. The van der Waals surface area contributed by atoms with Crippen molar-refractivity contribution in [1.82, 2.24) is 20.1 Å². The maximum atomic E-state index is 12.7. The van der Waals surface area contributed by atoms with Crippen LogP contribution < -0.4 is 5.32 Å². The largest absolute Gasteiger partial charge is 0.378 e. The van der Waals surface area contributed by atoms with Crippen molar-refractivity contribution < 1.29 is 14.3 Å². The highest BCUT2D eigenvalue weighted by molar-refractivity contribution is 7.09. The van der Waals surface area contributed by atoms with Gasteiger partial charge in [0.25, 0.3) is 0 Å². The number of hydrogen-bond acceptors (Lipinski definition) is 6. The Morgan fingerprint density at radius 3 is 2.66 bits per heavy atom. The van der Waals surface area contributed by atoms with Gasteiger partial charge in [-0.05, 0) is 38.5 Å². The molecule has 2 saturated heterocycles. The fraction of sp³-hybridized carbons (Fsp3) is 0.762. The quantitative estimate of drug-likeness (QED) is 0.692. The molecular weight excluding hydrogens is 388 g/mol. The lowest BCUT2D eigenvalue weighted by Crippen LogP contribution is -2.47. The molecule has 3 fully saturated rings. The van der Waals surface area contributed by atoms with Crippen molar-refractivity contribution in [3.63, 3.8) is 0 Å². The van der Waals surface area contributed by atoms with Gasteiger partial charge in [0, 0.05) is 50.1 Å². The molecule has 3 heterocycles.